The van der Waals surface area contributed by atoms with Crippen molar-refractivity contribution in [1.29, 1.82) is 0 Å². The average Bonchev–Trinajstić information content (AvgIpc) is 3.66. The Morgan fingerprint density at radius 1 is 1.15 bits per heavy atom. The van der Waals surface area contributed by atoms with Gasteiger partial charge in [-0.05, 0) is 62.4 Å². The first kappa shape index (κ1) is 22.0. The molecule has 2 aliphatic heterocycles. The minimum atomic E-state index is 0.00728. The number of anilines is 2. The molecule has 0 bridgehead atoms. The number of aryl methyl sites for hydroxylation is 1. The maximum atomic E-state index is 12.9. The molecule has 0 radical (unpaired) electrons. The molecule has 33 heavy (non-hydrogen) atoms. The van der Waals surface area contributed by atoms with E-state index in [0.29, 0.717) is 30.8 Å². The van der Waals surface area contributed by atoms with E-state index in [4.69, 9.17) is 4.74 Å². The van der Waals surface area contributed by atoms with E-state index in [-0.39, 0.29) is 23.5 Å². The van der Waals surface area contributed by atoms with E-state index in [2.05, 4.69) is 20.4 Å². The number of benzene rings is 1. The predicted molar refractivity (Wildman–Crippen MR) is 128 cm³/mol. The molecule has 5 rings (SSSR count). The molecule has 0 spiro atoms. The van der Waals surface area contributed by atoms with Crippen molar-refractivity contribution in [3.05, 3.63) is 35.9 Å². The molecule has 1 N–H and O–H groups in total. The highest BCUT2D eigenvalue weighted by molar-refractivity contribution is 7.99. The number of carbonyl (C=O) groups is 2. The van der Waals surface area contributed by atoms with E-state index in [1.165, 1.54) is 11.8 Å². The lowest BCUT2D eigenvalue weighted by Gasteiger charge is -2.32. The van der Waals surface area contributed by atoms with E-state index >= 15 is 0 Å². The molecule has 1 saturated heterocycles. The summed E-state index contributed by atoms with van der Waals surface area (Å²) in [5, 5.41) is 12.6. The van der Waals surface area contributed by atoms with E-state index in [1.54, 1.807) is 4.90 Å². The summed E-state index contributed by atoms with van der Waals surface area (Å²) in [6, 6.07) is 10.1. The molecule has 1 unspecified atom stereocenters. The van der Waals surface area contributed by atoms with Crippen LogP contribution in [-0.2, 0) is 9.59 Å². The molecule has 3 heterocycles. The molecule has 1 aromatic carbocycles. The monoisotopic (exact) mass is 467 g/mol. The Morgan fingerprint density at radius 2 is 2.03 bits per heavy atom. The van der Waals surface area contributed by atoms with Gasteiger partial charge in [-0.2, -0.15) is 0 Å². The zero-order valence-electron chi connectivity index (χ0n) is 18.8. The van der Waals surface area contributed by atoms with Crippen molar-refractivity contribution in [2.75, 3.05) is 41.8 Å². The number of amides is 2. The maximum absolute atomic E-state index is 12.9. The number of hydrogen-bond acceptors (Lipinski definition) is 7. The van der Waals surface area contributed by atoms with Crippen molar-refractivity contribution in [3.63, 3.8) is 0 Å². The van der Waals surface area contributed by atoms with Crippen LogP contribution >= 0.6 is 11.8 Å². The molecule has 1 aromatic heterocycles. The number of hydrogen-bond donors (Lipinski definition) is 1. The van der Waals surface area contributed by atoms with Gasteiger partial charge >= 0.3 is 0 Å². The molecule has 3 aliphatic rings. The Morgan fingerprint density at radius 3 is 2.82 bits per heavy atom. The van der Waals surface area contributed by atoms with Gasteiger partial charge in [-0.25, -0.2) is 0 Å². The molecular formula is C24H29N5O3S. The molecule has 1 atom stereocenters. The van der Waals surface area contributed by atoms with E-state index in [1.807, 2.05) is 37.3 Å². The minimum absolute atomic E-state index is 0.00728. The lowest BCUT2D eigenvalue weighted by Crippen LogP contribution is -2.44. The van der Waals surface area contributed by atoms with E-state index in [0.717, 1.165) is 55.0 Å². The number of nitrogens with one attached hydrogen (secondary N) is 1. The Kier molecular flexibility index (Phi) is 6.39. The number of nitrogens with zero attached hydrogens (tertiary/aromatic N) is 4. The van der Waals surface area contributed by atoms with Crippen LogP contribution in [0.1, 0.15) is 31.2 Å². The third-order valence-corrected chi connectivity index (χ3v) is 7.19. The second-order valence-corrected chi connectivity index (χ2v) is 9.95. The van der Waals surface area contributed by atoms with Gasteiger partial charge in [0.1, 0.15) is 17.4 Å². The summed E-state index contributed by atoms with van der Waals surface area (Å²) in [5.74, 6) is 2.02. The van der Waals surface area contributed by atoms with E-state index in [9.17, 15) is 9.59 Å². The van der Waals surface area contributed by atoms with Gasteiger partial charge in [0.05, 0.1) is 23.9 Å². The summed E-state index contributed by atoms with van der Waals surface area (Å²) in [6.45, 7) is 4.60. The Balaban J connectivity index is 1.16. The molecule has 2 fully saturated rings. The summed E-state index contributed by atoms with van der Waals surface area (Å²) in [5.41, 5.74) is 1.93. The summed E-state index contributed by atoms with van der Waals surface area (Å²) in [4.78, 5) is 29.3. The first-order chi connectivity index (χ1) is 16.1. The predicted octanol–water partition coefficient (Wildman–Crippen LogP) is 2.80. The summed E-state index contributed by atoms with van der Waals surface area (Å²) in [7, 11) is 0. The number of rotatable bonds is 6. The van der Waals surface area contributed by atoms with Crippen LogP contribution in [0.4, 0.5) is 11.5 Å². The molecule has 8 nitrogen and oxygen atoms in total. The van der Waals surface area contributed by atoms with Crippen molar-refractivity contribution in [2.24, 2.45) is 5.92 Å². The summed E-state index contributed by atoms with van der Waals surface area (Å²) in [6.07, 6.45) is 4.10. The van der Waals surface area contributed by atoms with Crippen molar-refractivity contribution in [3.8, 4) is 5.75 Å². The van der Waals surface area contributed by atoms with Crippen LogP contribution in [0.3, 0.4) is 0 Å². The van der Waals surface area contributed by atoms with Crippen LogP contribution in [0.15, 0.2) is 35.4 Å². The van der Waals surface area contributed by atoms with Crippen LogP contribution in [0.5, 0.6) is 5.75 Å². The molecule has 9 heteroatoms. The number of aromatic nitrogens is 2. The van der Waals surface area contributed by atoms with Crippen LogP contribution < -0.4 is 19.9 Å². The highest BCUT2D eigenvalue weighted by Crippen LogP contribution is 2.33. The maximum Gasteiger partial charge on any atom is 0.237 e. The first-order valence-electron chi connectivity index (χ1n) is 11.6. The van der Waals surface area contributed by atoms with Crippen LogP contribution in [-0.4, -0.2) is 60.0 Å². The zero-order valence-corrected chi connectivity index (χ0v) is 19.6. The quantitative estimate of drug-likeness (QED) is 0.654. The Hall–Kier alpha value is -2.81. The highest BCUT2D eigenvalue weighted by Gasteiger charge is 2.31. The van der Waals surface area contributed by atoms with Crippen LogP contribution in [0.2, 0.25) is 0 Å². The Bertz CT molecular complexity index is 1030. The van der Waals surface area contributed by atoms with Gasteiger partial charge in [-0.15, -0.1) is 10.2 Å². The highest BCUT2D eigenvalue weighted by atomic mass is 32.2. The largest absolute Gasteiger partial charge is 0.490 e. The average molecular weight is 468 g/mol. The van der Waals surface area contributed by atoms with Gasteiger partial charge in [0.2, 0.25) is 11.8 Å². The van der Waals surface area contributed by atoms with Gasteiger partial charge in [-0.3, -0.25) is 9.59 Å². The van der Waals surface area contributed by atoms with Gasteiger partial charge in [-0.1, -0.05) is 17.8 Å². The fourth-order valence-corrected chi connectivity index (χ4v) is 4.99. The van der Waals surface area contributed by atoms with Gasteiger partial charge in [0.25, 0.3) is 0 Å². The standard InChI is InChI=1S/C24H29N5O3S/c1-16-4-7-20-19(13-16)29(11-12-32-20)23(30)15-33-22-9-8-21(26-27-22)28-10-2-3-17(14-28)24(31)25-18-5-6-18/h4,7-9,13,17-18H,2-3,5-6,10-12,14-15H2,1H3,(H,25,31). The number of thioether (sulfide) groups is 1. The number of carbonyl (C=O) groups excluding carboxylic acids is 2. The molecule has 1 saturated carbocycles. The number of ether oxygens (including phenoxy) is 1. The summed E-state index contributed by atoms with van der Waals surface area (Å²) < 4.78 is 5.68. The summed E-state index contributed by atoms with van der Waals surface area (Å²) >= 11 is 1.39. The lowest BCUT2D eigenvalue weighted by atomic mass is 9.97. The van der Waals surface area contributed by atoms with Crippen molar-refractivity contribution >= 4 is 35.1 Å². The lowest BCUT2D eigenvalue weighted by molar-refractivity contribution is -0.125. The molecule has 1 aliphatic carbocycles. The smallest absolute Gasteiger partial charge is 0.237 e. The fourth-order valence-electron chi connectivity index (χ4n) is 4.30. The SMILES string of the molecule is Cc1ccc2c(c1)N(C(=O)CSc1ccc(N3CCCC(C(=O)NC4CC4)C3)nn1)CCO2. The minimum Gasteiger partial charge on any atom is -0.490 e. The zero-order chi connectivity index (χ0) is 22.8. The molecule has 174 valence electrons. The third-order valence-electron chi connectivity index (χ3n) is 6.29. The number of fused-ring (bicyclic) bond motifs is 1. The number of piperidine rings is 1. The fraction of sp³-hybridized carbons (Fsp3) is 0.500. The van der Waals surface area contributed by atoms with Crippen molar-refractivity contribution in [1.82, 2.24) is 15.5 Å². The second kappa shape index (κ2) is 9.59. The van der Waals surface area contributed by atoms with Crippen molar-refractivity contribution < 1.29 is 14.3 Å². The Labute approximate surface area is 198 Å². The molecule has 2 amide bonds. The molecular weight excluding hydrogens is 438 g/mol. The molecule has 2 aromatic rings. The van der Waals surface area contributed by atoms with Crippen molar-refractivity contribution in [2.45, 2.75) is 43.7 Å². The van der Waals surface area contributed by atoms with Gasteiger partial charge < -0.3 is 19.9 Å². The van der Waals surface area contributed by atoms with Crippen LogP contribution in [0, 0.1) is 12.8 Å². The first-order valence-corrected chi connectivity index (χ1v) is 12.6. The van der Waals surface area contributed by atoms with Gasteiger partial charge in [0, 0.05) is 19.1 Å². The topological polar surface area (TPSA) is 87.7 Å². The second-order valence-electron chi connectivity index (χ2n) is 8.95. The third kappa shape index (κ3) is 5.24. The van der Waals surface area contributed by atoms with E-state index < -0.39 is 0 Å². The normalized spacial score (nSPS) is 20.1. The van der Waals surface area contributed by atoms with Crippen LogP contribution in [0.25, 0.3) is 0 Å². The van der Waals surface area contributed by atoms with Gasteiger partial charge in [0.15, 0.2) is 5.82 Å².